The van der Waals surface area contributed by atoms with Crippen LogP contribution in [0.1, 0.15) is 70.6 Å². The van der Waals surface area contributed by atoms with E-state index in [-0.39, 0.29) is 0 Å². The summed E-state index contributed by atoms with van der Waals surface area (Å²) in [6.07, 6.45) is 13.9. The van der Waals surface area contributed by atoms with Gasteiger partial charge < -0.3 is 10.6 Å². The van der Waals surface area contributed by atoms with Crippen molar-refractivity contribution in [1.82, 2.24) is 4.90 Å². The summed E-state index contributed by atoms with van der Waals surface area (Å²) in [6, 6.07) is 0.505. The Labute approximate surface area is 129 Å². The first kappa shape index (κ1) is 15.3. The van der Waals surface area contributed by atoms with Crippen molar-refractivity contribution in [3.05, 3.63) is 0 Å². The Morgan fingerprint density at radius 3 is 2.33 bits per heavy atom. The summed E-state index contributed by atoms with van der Waals surface area (Å²) in [4.78, 5) is 15.4. The molecule has 0 heterocycles. The summed E-state index contributed by atoms with van der Waals surface area (Å²) in [6.45, 7) is 1.60. The van der Waals surface area contributed by atoms with Gasteiger partial charge in [-0.1, -0.05) is 32.1 Å². The lowest BCUT2D eigenvalue weighted by Crippen LogP contribution is -2.45. The predicted molar refractivity (Wildman–Crippen MR) is 85.8 cm³/mol. The molecule has 2 N–H and O–H groups in total. The van der Waals surface area contributed by atoms with E-state index in [1.807, 2.05) is 0 Å². The van der Waals surface area contributed by atoms with Crippen molar-refractivity contribution in [3.8, 4) is 0 Å². The summed E-state index contributed by atoms with van der Waals surface area (Å²) < 4.78 is 0. The number of hydrogen-bond acceptors (Lipinski definition) is 2. The standard InChI is InChI=1S/C18H32N2O/c19-10-5-11-20(16-6-3-1-2-4-7-16)18(21)17-13-14-8-9-15(17)12-14/h14-17H,1-13,19H2. The molecule has 0 radical (unpaired) electrons. The van der Waals surface area contributed by atoms with Gasteiger partial charge in [-0.2, -0.15) is 0 Å². The first-order chi connectivity index (χ1) is 10.3. The highest BCUT2D eigenvalue weighted by atomic mass is 16.2. The van der Waals surface area contributed by atoms with Crippen molar-refractivity contribution < 1.29 is 4.79 Å². The monoisotopic (exact) mass is 292 g/mol. The Bertz CT molecular complexity index is 349. The molecule has 120 valence electrons. The summed E-state index contributed by atoms with van der Waals surface area (Å²) in [7, 11) is 0. The average Bonchev–Trinajstić information content (AvgIpc) is 3.03. The molecule has 0 aromatic heterocycles. The number of nitrogens with zero attached hydrogens (tertiary/aromatic N) is 1. The van der Waals surface area contributed by atoms with Crippen molar-refractivity contribution in [2.45, 2.75) is 76.7 Å². The van der Waals surface area contributed by atoms with Crippen LogP contribution in [-0.2, 0) is 4.79 Å². The summed E-state index contributed by atoms with van der Waals surface area (Å²) in [5, 5.41) is 0. The summed E-state index contributed by atoms with van der Waals surface area (Å²) >= 11 is 0. The first-order valence-electron chi connectivity index (χ1n) is 9.30. The molecule has 21 heavy (non-hydrogen) atoms. The number of rotatable bonds is 5. The molecule has 3 saturated carbocycles. The normalized spacial score (nSPS) is 33.1. The molecule has 3 rings (SSSR count). The second kappa shape index (κ2) is 7.13. The third kappa shape index (κ3) is 3.44. The topological polar surface area (TPSA) is 46.3 Å². The number of amides is 1. The van der Waals surface area contributed by atoms with Gasteiger partial charge in [-0.3, -0.25) is 4.79 Å². The van der Waals surface area contributed by atoms with Crippen LogP contribution >= 0.6 is 0 Å². The van der Waals surface area contributed by atoms with Crippen LogP contribution in [0, 0.1) is 17.8 Å². The molecule has 0 aromatic rings. The van der Waals surface area contributed by atoms with Crippen molar-refractivity contribution in [2.24, 2.45) is 23.5 Å². The molecule has 0 aromatic carbocycles. The van der Waals surface area contributed by atoms with E-state index in [2.05, 4.69) is 4.90 Å². The van der Waals surface area contributed by atoms with Gasteiger partial charge in [0.25, 0.3) is 0 Å². The smallest absolute Gasteiger partial charge is 0.226 e. The fourth-order valence-corrected chi connectivity index (χ4v) is 5.06. The Balaban J connectivity index is 1.66. The number of carbonyl (C=O) groups is 1. The van der Waals surface area contributed by atoms with Gasteiger partial charge in [0.05, 0.1) is 0 Å². The molecule has 0 aliphatic heterocycles. The van der Waals surface area contributed by atoms with Gasteiger partial charge in [-0.05, 0) is 56.9 Å². The van der Waals surface area contributed by atoms with Crippen molar-refractivity contribution in [2.75, 3.05) is 13.1 Å². The van der Waals surface area contributed by atoms with Crippen LogP contribution in [0.15, 0.2) is 0 Å². The minimum Gasteiger partial charge on any atom is -0.339 e. The fraction of sp³-hybridized carbons (Fsp3) is 0.944. The number of nitrogens with two attached hydrogens (primary N) is 1. The van der Waals surface area contributed by atoms with Gasteiger partial charge in [0.1, 0.15) is 0 Å². The largest absolute Gasteiger partial charge is 0.339 e. The molecule has 3 nitrogen and oxygen atoms in total. The average molecular weight is 292 g/mol. The summed E-state index contributed by atoms with van der Waals surface area (Å²) in [5.74, 6) is 2.40. The molecule has 3 unspecified atom stereocenters. The van der Waals surface area contributed by atoms with E-state index in [0.717, 1.165) is 18.9 Å². The van der Waals surface area contributed by atoms with Gasteiger partial charge in [-0.15, -0.1) is 0 Å². The highest BCUT2D eigenvalue weighted by molar-refractivity contribution is 5.80. The zero-order valence-electron chi connectivity index (χ0n) is 13.4. The number of fused-ring (bicyclic) bond motifs is 2. The molecule has 3 aliphatic carbocycles. The van der Waals surface area contributed by atoms with E-state index in [0.29, 0.717) is 30.3 Å². The molecule has 3 fully saturated rings. The second-order valence-electron chi connectivity index (χ2n) is 7.60. The highest BCUT2D eigenvalue weighted by Crippen LogP contribution is 2.49. The van der Waals surface area contributed by atoms with Crippen LogP contribution in [0.25, 0.3) is 0 Å². The van der Waals surface area contributed by atoms with Gasteiger partial charge in [0, 0.05) is 18.5 Å². The Hall–Kier alpha value is -0.570. The zero-order chi connectivity index (χ0) is 14.7. The van der Waals surface area contributed by atoms with E-state index in [1.165, 1.54) is 64.2 Å². The molecular formula is C18H32N2O. The maximum absolute atomic E-state index is 13.1. The maximum Gasteiger partial charge on any atom is 0.226 e. The van der Waals surface area contributed by atoms with Gasteiger partial charge in [-0.25, -0.2) is 0 Å². The van der Waals surface area contributed by atoms with Crippen LogP contribution < -0.4 is 5.73 Å². The van der Waals surface area contributed by atoms with E-state index in [9.17, 15) is 4.79 Å². The van der Waals surface area contributed by atoms with Gasteiger partial charge >= 0.3 is 0 Å². The van der Waals surface area contributed by atoms with Gasteiger partial charge in [0.15, 0.2) is 0 Å². The van der Waals surface area contributed by atoms with Crippen LogP contribution in [0.4, 0.5) is 0 Å². The Morgan fingerprint density at radius 1 is 1.00 bits per heavy atom. The minimum atomic E-state index is 0.352. The lowest BCUT2D eigenvalue weighted by molar-refractivity contribution is -0.140. The molecule has 1 amide bonds. The fourth-order valence-electron chi connectivity index (χ4n) is 5.06. The number of carbonyl (C=O) groups excluding carboxylic acids is 1. The van der Waals surface area contributed by atoms with Crippen LogP contribution in [0.2, 0.25) is 0 Å². The summed E-state index contributed by atoms with van der Waals surface area (Å²) in [5.41, 5.74) is 5.71. The van der Waals surface area contributed by atoms with Crippen molar-refractivity contribution in [3.63, 3.8) is 0 Å². The van der Waals surface area contributed by atoms with Crippen molar-refractivity contribution in [1.29, 1.82) is 0 Å². The molecule has 3 atom stereocenters. The maximum atomic E-state index is 13.1. The third-order valence-corrected chi connectivity index (χ3v) is 6.21. The molecular weight excluding hydrogens is 260 g/mol. The molecule has 0 saturated heterocycles. The Kier molecular flexibility index (Phi) is 5.20. The van der Waals surface area contributed by atoms with E-state index in [1.54, 1.807) is 0 Å². The molecule has 3 heteroatoms. The van der Waals surface area contributed by atoms with E-state index >= 15 is 0 Å². The van der Waals surface area contributed by atoms with E-state index in [4.69, 9.17) is 5.73 Å². The van der Waals surface area contributed by atoms with Gasteiger partial charge in [0.2, 0.25) is 5.91 Å². The van der Waals surface area contributed by atoms with Crippen LogP contribution in [0.5, 0.6) is 0 Å². The minimum absolute atomic E-state index is 0.352. The second-order valence-corrected chi connectivity index (χ2v) is 7.60. The third-order valence-electron chi connectivity index (χ3n) is 6.21. The first-order valence-corrected chi connectivity index (χ1v) is 9.30. The predicted octanol–water partition coefficient (Wildman–Crippen LogP) is 3.32. The lowest BCUT2D eigenvalue weighted by Gasteiger charge is -2.35. The Morgan fingerprint density at radius 2 is 1.76 bits per heavy atom. The SMILES string of the molecule is NCCCN(C(=O)C1CC2CCC1C2)C1CCCCCC1. The molecule has 3 aliphatic rings. The van der Waals surface area contributed by atoms with Crippen LogP contribution in [0.3, 0.4) is 0 Å². The molecule has 2 bridgehead atoms. The quantitative estimate of drug-likeness (QED) is 0.790. The number of hydrogen-bond donors (Lipinski definition) is 1. The lowest BCUT2D eigenvalue weighted by atomic mass is 9.87. The molecule has 0 spiro atoms. The zero-order valence-corrected chi connectivity index (χ0v) is 13.4. The van der Waals surface area contributed by atoms with E-state index < -0.39 is 0 Å². The highest BCUT2D eigenvalue weighted by Gasteiger charge is 2.45. The van der Waals surface area contributed by atoms with Crippen LogP contribution in [-0.4, -0.2) is 29.9 Å². The van der Waals surface area contributed by atoms with Crippen molar-refractivity contribution >= 4 is 5.91 Å².